The second-order valence-electron chi connectivity index (χ2n) is 4.30. The fourth-order valence-electron chi connectivity index (χ4n) is 1.75. The van der Waals surface area contributed by atoms with Crippen LogP contribution in [0.1, 0.15) is 23.3 Å². The Labute approximate surface area is 130 Å². The van der Waals surface area contributed by atoms with E-state index in [4.69, 9.17) is 5.26 Å². The van der Waals surface area contributed by atoms with Crippen LogP contribution in [0.4, 0.5) is 9.39 Å². The van der Waals surface area contributed by atoms with Crippen molar-refractivity contribution in [1.29, 1.82) is 5.26 Å². The molecular weight excluding hydrogens is 307 g/mol. The number of anilines is 1. The number of hydrogen-bond donors (Lipinski definition) is 1. The third kappa shape index (κ3) is 4.06. The number of nitrogens with one attached hydrogen (secondary N) is 1. The van der Waals surface area contributed by atoms with Gasteiger partial charge in [-0.15, -0.1) is 23.1 Å². The molecule has 0 aliphatic carbocycles. The average molecular weight is 320 g/mol. The van der Waals surface area contributed by atoms with Crippen LogP contribution in [0.5, 0.6) is 0 Å². The van der Waals surface area contributed by atoms with Gasteiger partial charge in [-0.3, -0.25) is 4.79 Å². The third-order valence-electron chi connectivity index (χ3n) is 2.85. The van der Waals surface area contributed by atoms with Crippen molar-refractivity contribution in [3.63, 3.8) is 0 Å². The molecule has 6 heteroatoms. The van der Waals surface area contributed by atoms with E-state index in [0.29, 0.717) is 16.1 Å². The van der Waals surface area contributed by atoms with Gasteiger partial charge in [-0.25, -0.2) is 4.39 Å². The van der Waals surface area contributed by atoms with Crippen LogP contribution in [-0.2, 0) is 4.79 Å². The van der Waals surface area contributed by atoms with Crippen LogP contribution in [0, 0.1) is 17.1 Å². The number of carbonyl (C=O) groups is 1. The first-order valence-electron chi connectivity index (χ1n) is 6.25. The number of nitrogens with zero attached hydrogens (tertiary/aromatic N) is 1. The number of hydrogen-bond acceptors (Lipinski definition) is 4. The summed E-state index contributed by atoms with van der Waals surface area (Å²) in [6.45, 7) is 1.86. The maximum atomic E-state index is 13.6. The molecule has 0 spiro atoms. The molecule has 0 unspecified atom stereocenters. The largest absolute Gasteiger partial charge is 0.316 e. The minimum absolute atomic E-state index is 0.115. The summed E-state index contributed by atoms with van der Waals surface area (Å²) in [6, 6.07) is 10.2. The van der Waals surface area contributed by atoms with E-state index in [9.17, 15) is 9.18 Å². The molecule has 1 aromatic carbocycles. The Bertz CT molecular complexity index is 678. The van der Waals surface area contributed by atoms with Crippen molar-refractivity contribution < 1.29 is 9.18 Å². The predicted molar refractivity (Wildman–Crippen MR) is 84.9 cm³/mol. The first-order valence-corrected chi connectivity index (χ1v) is 8.18. The van der Waals surface area contributed by atoms with E-state index < -0.39 is 0 Å². The van der Waals surface area contributed by atoms with Gasteiger partial charge in [0, 0.05) is 10.8 Å². The summed E-state index contributed by atoms with van der Waals surface area (Å²) in [5.41, 5.74) is 1.05. The molecular formula is C15H13FN2OS2. The summed E-state index contributed by atoms with van der Waals surface area (Å²) in [5, 5.41) is 13.8. The van der Waals surface area contributed by atoms with Crippen molar-refractivity contribution in [2.75, 3.05) is 11.1 Å². The molecule has 0 radical (unpaired) electrons. The SMILES string of the molecule is C[C@H](SCC(=O)Nc1sccc1C#N)c1ccccc1F. The lowest BCUT2D eigenvalue weighted by atomic mass is 10.1. The van der Waals surface area contributed by atoms with Crippen molar-refractivity contribution in [3.8, 4) is 6.07 Å². The molecule has 0 fully saturated rings. The van der Waals surface area contributed by atoms with E-state index in [1.54, 1.807) is 29.6 Å². The molecule has 21 heavy (non-hydrogen) atoms. The normalized spacial score (nSPS) is 11.7. The lowest BCUT2D eigenvalue weighted by molar-refractivity contribution is -0.113. The van der Waals surface area contributed by atoms with Gasteiger partial charge in [-0.2, -0.15) is 5.26 Å². The van der Waals surface area contributed by atoms with Gasteiger partial charge in [0.05, 0.1) is 11.3 Å². The van der Waals surface area contributed by atoms with Crippen molar-refractivity contribution in [2.24, 2.45) is 0 Å². The van der Waals surface area contributed by atoms with E-state index in [1.165, 1.54) is 29.2 Å². The quantitative estimate of drug-likeness (QED) is 0.898. The number of halogens is 1. The molecule has 3 nitrogen and oxygen atoms in total. The Morgan fingerprint density at radius 2 is 2.24 bits per heavy atom. The van der Waals surface area contributed by atoms with Crippen LogP contribution < -0.4 is 5.32 Å². The Morgan fingerprint density at radius 1 is 1.48 bits per heavy atom. The van der Waals surface area contributed by atoms with Gasteiger partial charge >= 0.3 is 0 Å². The average Bonchev–Trinajstić information content (AvgIpc) is 2.92. The first kappa shape index (κ1) is 15.5. The fraction of sp³-hybridized carbons (Fsp3) is 0.200. The summed E-state index contributed by atoms with van der Waals surface area (Å²) in [7, 11) is 0. The number of amides is 1. The zero-order valence-electron chi connectivity index (χ0n) is 11.3. The van der Waals surface area contributed by atoms with Crippen LogP contribution in [0.15, 0.2) is 35.7 Å². The van der Waals surface area contributed by atoms with Gasteiger partial charge in [-0.1, -0.05) is 18.2 Å². The maximum absolute atomic E-state index is 13.6. The van der Waals surface area contributed by atoms with Crippen LogP contribution in [0.25, 0.3) is 0 Å². The minimum Gasteiger partial charge on any atom is -0.316 e. The molecule has 0 aliphatic heterocycles. The highest BCUT2D eigenvalue weighted by Gasteiger charge is 2.14. The smallest absolute Gasteiger partial charge is 0.235 e. The molecule has 0 saturated carbocycles. The van der Waals surface area contributed by atoms with E-state index in [2.05, 4.69) is 5.32 Å². The van der Waals surface area contributed by atoms with E-state index in [0.717, 1.165) is 0 Å². The number of carbonyl (C=O) groups excluding carboxylic acids is 1. The van der Waals surface area contributed by atoms with E-state index in [-0.39, 0.29) is 22.7 Å². The van der Waals surface area contributed by atoms with Crippen molar-refractivity contribution in [2.45, 2.75) is 12.2 Å². The van der Waals surface area contributed by atoms with Gasteiger partial charge in [0.25, 0.3) is 0 Å². The summed E-state index contributed by atoms with van der Waals surface area (Å²) >= 11 is 2.67. The Balaban J connectivity index is 1.90. The number of thioether (sulfide) groups is 1. The molecule has 0 saturated heterocycles. The van der Waals surface area contributed by atoms with Gasteiger partial charge in [0.1, 0.15) is 16.9 Å². The molecule has 2 rings (SSSR count). The van der Waals surface area contributed by atoms with Crippen molar-refractivity contribution >= 4 is 34.0 Å². The second-order valence-corrected chi connectivity index (χ2v) is 6.54. The molecule has 1 N–H and O–H groups in total. The summed E-state index contributed by atoms with van der Waals surface area (Å²) < 4.78 is 13.6. The highest BCUT2D eigenvalue weighted by Crippen LogP contribution is 2.30. The Morgan fingerprint density at radius 3 is 2.95 bits per heavy atom. The molecule has 0 bridgehead atoms. The highest BCUT2D eigenvalue weighted by atomic mass is 32.2. The zero-order valence-corrected chi connectivity index (χ0v) is 12.9. The Hall–Kier alpha value is -1.84. The number of rotatable bonds is 5. The number of nitriles is 1. The van der Waals surface area contributed by atoms with E-state index >= 15 is 0 Å². The summed E-state index contributed by atoms with van der Waals surface area (Å²) in [6.07, 6.45) is 0. The van der Waals surface area contributed by atoms with Crippen LogP contribution in [-0.4, -0.2) is 11.7 Å². The molecule has 1 atom stereocenters. The van der Waals surface area contributed by atoms with Crippen molar-refractivity contribution in [3.05, 3.63) is 52.7 Å². The van der Waals surface area contributed by atoms with Gasteiger partial charge in [0.15, 0.2) is 0 Å². The van der Waals surface area contributed by atoms with Crippen LogP contribution >= 0.6 is 23.1 Å². The van der Waals surface area contributed by atoms with Gasteiger partial charge < -0.3 is 5.32 Å². The summed E-state index contributed by atoms with van der Waals surface area (Å²) in [4.78, 5) is 11.9. The van der Waals surface area contributed by atoms with Gasteiger partial charge in [0.2, 0.25) is 5.91 Å². The molecule has 1 heterocycles. The molecule has 0 aliphatic rings. The Kier molecular flexibility index (Phi) is 5.37. The highest BCUT2D eigenvalue weighted by molar-refractivity contribution is 8.00. The topological polar surface area (TPSA) is 52.9 Å². The van der Waals surface area contributed by atoms with Crippen LogP contribution in [0.3, 0.4) is 0 Å². The van der Waals surface area contributed by atoms with Crippen molar-refractivity contribution in [1.82, 2.24) is 0 Å². The van der Waals surface area contributed by atoms with Crippen LogP contribution in [0.2, 0.25) is 0 Å². The third-order valence-corrected chi connectivity index (χ3v) is 4.86. The zero-order chi connectivity index (χ0) is 15.2. The molecule has 108 valence electrons. The predicted octanol–water partition coefficient (Wildman–Crippen LogP) is 4.19. The molecule has 2 aromatic rings. The standard InChI is InChI=1S/C15H13FN2OS2/c1-10(12-4-2-3-5-13(12)16)21-9-14(19)18-15-11(8-17)6-7-20-15/h2-7,10H,9H2,1H3,(H,18,19)/t10-/m0/s1. The monoisotopic (exact) mass is 320 g/mol. The lowest BCUT2D eigenvalue weighted by Crippen LogP contribution is -2.14. The molecule has 1 aromatic heterocycles. The number of thiophene rings is 1. The summed E-state index contributed by atoms with van der Waals surface area (Å²) in [5.74, 6) is -0.247. The fourth-order valence-corrected chi connectivity index (χ4v) is 3.35. The van der Waals surface area contributed by atoms with Gasteiger partial charge in [-0.05, 0) is 24.4 Å². The second kappa shape index (κ2) is 7.25. The maximum Gasteiger partial charge on any atom is 0.235 e. The van der Waals surface area contributed by atoms with E-state index in [1.807, 2.05) is 13.0 Å². The lowest BCUT2D eigenvalue weighted by Gasteiger charge is -2.12. The minimum atomic E-state index is -0.261. The first-order chi connectivity index (χ1) is 10.1. The number of benzene rings is 1. The molecule has 1 amide bonds.